The van der Waals surface area contributed by atoms with E-state index in [4.69, 9.17) is 34.2 Å². The van der Waals surface area contributed by atoms with E-state index in [9.17, 15) is 14.4 Å². The molecule has 202 valence electrons. The molecular weight excluding hydrogens is 522 g/mol. The number of nitrogens with two attached hydrogens (primary N) is 3. The molecule has 1 spiro atoms. The van der Waals surface area contributed by atoms with Crippen molar-refractivity contribution in [2.24, 2.45) is 43.2 Å². The van der Waals surface area contributed by atoms with Gasteiger partial charge in [0.1, 0.15) is 6.29 Å². The molecule has 38 heavy (non-hydrogen) atoms. The fourth-order valence-electron chi connectivity index (χ4n) is 4.50. The van der Waals surface area contributed by atoms with Gasteiger partial charge in [-0.3, -0.25) is 20.7 Å². The molecule has 1 aromatic carbocycles. The molecule has 0 saturated carbocycles. The summed E-state index contributed by atoms with van der Waals surface area (Å²) in [4.78, 5) is 42.7. The van der Waals surface area contributed by atoms with Crippen LogP contribution < -0.4 is 33.5 Å². The smallest absolute Gasteiger partial charge is 0.335 e. The van der Waals surface area contributed by atoms with Gasteiger partial charge in [0.05, 0.1) is 5.56 Å². The second-order valence-electron chi connectivity index (χ2n) is 8.80. The number of amides is 2. The molecule has 2 fully saturated rings. The van der Waals surface area contributed by atoms with E-state index in [1.54, 1.807) is 4.90 Å². The molecule has 18 heteroatoms. The number of nitrogens with zero attached hydrogens (tertiary/aromatic N) is 7. The van der Waals surface area contributed by atoms with Gasteiger partial charge in [-0.05, 0) is 37.1 Å². The van der Waals surface area contributed by atoms with Crippen molar-refractivity contribution in [3.8, 4) is 0 Å². The zero-order valence-electron chi connectivity index (χ0n) is 19.9. The summed E-state index contributed by atoms with van der Waals surface area (Å²) < 4.78 is 0. The number of aliphatic imine (C=N–C) groups is 1. The van der Waals surface area contributed by atoms with Gasteiger partial charge in [-0.15, -0.1) is 10.2 Å². The highest BCUT2D eigenvalue weighted by Gasteiger charge is 2.46. The first-order chi connectivity index (χ1) is 18.2. The predicted octanol–water partition coefficient (Wildman–Crippen LogP) is -1.07. The van der Waals surface area contributed by atoms with Crippen LogP contribution in [0.2, 0.25) is 0 Å². The summed E-state index contributed by atoms with van der Waals surface area (Å²) in [6.45, 7) is 1.30. The number of carboxylic acid groups (broad SMARTS) is 1. The monoisotopic (exact) mass is 547 g/mol. The number of aromatic carboxylic acids is 1. The van der Waals surface area contributed by atoms with Crippen molar-refractivity contribution >= 4 is 35.2 Å². The lowest BCUT2D eigenvalue weighted by atomic mass is 9.88. The van der Waals surface area contributed by atoms with Crippen molar-refractivity contribution in [3.05, 3.63) is 46.4 Å². The topological polar surface area (TPSA) is 254 Å². The molecule has 2 amide bonds. The average molecular weight is 548 g/mol. The number of hydrazine groups is 1. The number of hydrogen-bond donors (Lipinski definition) is 7. The molecule has 2 saturated heterocycles. The van der Waals surface area contributed by atoms with Gasteiger partial charge in [0.2, 0.25) is 5.82 Å². The minimum Gasteiger partial charge on any atom is -0.478 e. The summed E-state index contributed by atoms with van der Waals surface area (Å²) in [6, 6.07) is 4.66. The van der Waals surface area contributed by atoms with Crippen molar-refractivity contribution in [1.82, 2.24) is 25.9 Å². The zero-order chi connectivity index (χ0) is 27.4. The number of halogens is 1. The highest BCUT2D eigenvalue weighted by molar-refractivity contribution is 6.30. The average Bonchev–Trinajstić information content (AvgIpc) is 3.19. The van der Waals surface area contributed by atoms with Gasteiger partial charge in [0.15, 0.2) is 17.0 Å². The Labute approximate surface area is 220 Å². The second kappa shape index (κ2) is 11.1. The highest BCUT2D eigenvalue weighted by Crippen LogP contribution is 2.29. The van der Waals surface area contributed by atoms with Crippen molar-refractivity contribution in [2.75, 3.05) is 19.6 Å². The number of carbonyl (C=O) groups excluding carboxylic acids is 2. The third kappa shape index (κ3) is 5.54. The lowest BCUT2D eigenvalue weighted by Gasteiger charge is -2.39. The first kappa shape index (κ1) is 26.9. The van der Waals surface area contributed by atoms with Crippen LogP contribution in [0.3, 0.4) is 0 Å². The van der Waals surface area contributed by atoms with E-state index in [2.05, 4.69) is 41.6 Å². The van der Waals surface area contributed by atoms with Gasteiger partial charge in [-0.25, -0.2) is 14.8 Å². The first-order valence-corrected chi connectivity index (χ1v) is 11.7. The lowest BCUT2D eigenvalue weighted by molar-refractivity contribution is -0.123. The Kier molecular flexibility index (Phi) is 7.81. The Morgan fingerprint density at radius 2 is 1.74 bits per heavy atom. The molecule has 3 aliphatic heterocycles. The van der Waals surface area contributed by atoms with E-state index in [-0.39, 0.29) is 28.3 Å². The molecule has 3 heterocycles. The normalized spacial score (nSPS) is 23.6. The third-order valence-electron chi connectivity index (χ3n) is 6.45. The molecule has 3 aliphatic rings. The molecule has 2 atom stereocenters. The van der Waals surface area contributed by atoms with Crippen LogP contribution in [0, 0.1) is 0 Å². The minimum absolute atomic E-state index is 0.0783. The van der Waals surface area contributed by atoms with Gasteiger partial charge in [-0.2, -0.15) is 0 Å². The predicted molar refractivity (Wildman–Crippen MR) is 133 cm³/mol. The molecule has 2 unspecified atom stereocenters. The number of amidine groups is 1. The number of carboxylic acids is 1. The van der Waals surface area contributed by atoms with Crippen LogP contribution in [0.1, 0.15) is 33.6 Å². The Balaban J connectivity index is 1.37. The van der Waals surface area contributed by atoms with Crippen molar-refractivity contribution < 1.29 is 19.5 Å². The molecule has 0 radical (unpaired) electrons. The molecule has 1 aromatic rings. The van der Waals surface area contributed by atoms with Gasteiger partial charge in [0, 0.05) is 30.7 Å². The molecule has 17 nitrogen and oxygen atoms in total. The maximum absolute atomic E-state index is 13.1. The van der Waals surface area contributed by atoms with Gasteiger partial charge >= 0.3 is 5.97 Å². The summed E-state index contributed by atoms with van der Waals surface area (Å²) in [6.07, 6.45) is 0.409. The van der Waals surface area contributed by atoms with Crippen LogP contribution in [0.25, 0.3) is 0 Å². The van der Waals surface area contributed by atoms with Crippen LogP contribution in [0.4, 0.5) is 0 Å². The molecular formula is C20H26ClN13O4. The number of likely N-dealkylation sites (tertiary alicyclic amines) is 1. The van der Waals surface area contributed by atoms with Gasteiger partial charge in [0.25, 0.3) is 11.8 Å². The van der Waals surface area contributed by atoms with Gasteiger partial charge < -0.3 is 32.3 Å². The van der Waals surface area contributed by atoms with E-state index < -0.39 is 29.7 Å². The number of piperidine rings is 1. The maximum Gasteiger partial charge on any atom is 0.335 e. The van der Waals surface area contributed by atoms with Crippen molar-refractivity contribution in [1.29, 1.82) is 0 Å². The van der Waals surface area contributed by atoms with Crippen LogP contribution >= 0.6 is 11.6 Å². The number of carbonyl (C=O) groups is 3. The summed E-state index contributed by atoms with van der Waals surface area (Å²) in [5.41, 5.74) is 0.0708. The third-order valence-corrected chi connectivity index (χ3v) is 6.72. The largest absolute Gasteiger partial charge is 0.478 e. The van der Waals surface area contributed by atoms with Crippen LogP contribution in [0.5, 0.6) is 0 Å². The number of nitrogens with one attached hydrogen (secondary N) is 3. The summed E-state index contributed by atoms with van der Waals surface area (Å²) >= 11 is 6.09. The van der Waals surface area contributed by atoms with E-state index in [1.165, 1.54) is 29.3 Å². The molecule has 4 rings (SSSR count). The highest BCUT2D eigenvalue weighted by atomic mass is 35.5. The fourth-order valence-corrected chi connectivity index (χ4v) is 4.68. The standard InChI is InChI=1S/C20H26ClN13O4/c21-13-15(30-32-23)26-14(29-31-22)12(25-13)16(35)27-19-28-20(9-34(19)24)5-7-33(8-6-20)17(36)10-1-3-11(4-2-10)18(37)38/h1-4,12,19,25,28H,5-9,24H2,(H2,23,30)(H,27,35)(H,37,38)(H2,22,26,29). The second-order valence-corrected chi connectivity index (χ2v) is 9.18. The van der Waals surface area contributed by atoms with E-state index >= 15 is 0 Å². The Morgan fingerprint density at radius 1 is 1.11 bits per heavy atom. The Hall–Kier alpha value is -4.19. The van der Waals surface area contributed by atoms with Crippen LogP contribution in [-0.4, -0.2) is 76.1 Å². The Bertz CT molecular complexity index is 1220. The molecule has 0 bridgehead atoms. The SMILES string of the molecule is NN=NC1=NC(N=NN)=C(Cl)NC1C(=O)NC1NC2(CCN(C(=O)c3ccc(C(=O)O)cc3)CC2)CN1N. The van der Waals surface area contributed by atoms with Gasteiger partial charge in [-0.1, -0.05) is 22.0 Å². The molecule has 10 N–H and O–H groups in total. The molecule has 0 aromatic heterocycles. The van der Waals surface area contributed by atoms with Crippen molar-refractivity contribution in [3.63, 3.8) is 0 Å². The molecule has 0 aliphatic carbocycles. The Morgan fingerprint density at radius 3 is 2.34 bits per heavy atom. The quantitative estimate of drug-likeness (QED) is 0.101. The fraction of sp³-hybridized carbons (Fsp3) is 0.400. The summed E-state index contributed by atoms with van der Waals surface area (Å²) in [5, 5.41) is 32.8. The zero-order valence-corrected chi connectivity index (χ0v) is 20.7. The number of hydrogen-bond acceptors (Lipinski definition) is 12. The minimum atomic E-state index is -1.15. The summed E-state index contributed by atoms with van der Waals surface area (Å²) in [5.74, 6) is 14.4. The maximum atomic E-state index is 13.1. The van der Waals surface area contributed by atoms with E-state index in [1.807, 2.05) is 0 Å². The van der Waals surface area contributed by atoms with E-state index in [0.29, 0.717) is 38.0 Å². The number of rotatable bonds is 5. The summed E-state index contributed by atoms with van der Waals surface area (Å²) in [7, 11) is 0. The first-order valence-electron chi connectivity index (χ1n) is 11.3. The van der Waals surface area contributed by atoms with E-state index in [0.717, 1.165) is 0 Å². The number of benzene rings is 1. The lowest BCUT2D eigenvalue weighted by Crippen LogP contribution is -2.60. The van der Waals surface area contributed by atoms with Crippen molar-refractivity contribution in [2.45, 2.75) is 30.7 Å². The van der Waals surface area contributed by atoms with Crippen LogP contribution in [0.15, 0.2) is 60.9 Å². The van der Waals surface area contributed by atoms with Crippen LogP contribution in [-0.2, 0) is 4.79 Å².